The van der Waals surface area contributed by atoms with Crippen LogP contribution in [0.25, 0.3) is 0 Å². The molecular formula is C20H22F7N3O4. The molecule has 0 saturated carbocycles. The fraction of sp³-hybridized carbons (Fsp3) is 0.500. The molecule has 0 fully saturated rings. The van der Waals surface area contributed by atoms with Gasteiger partial charge in [0.2, 0.25) is 5.91 Å². The predicted molar refractivity (Wildman–Crippen MR) is 105 cm³/mol. The number of benzene rings is 1. The molecule has 1 heterocycles. The second-order valence-corrected chi connectivity index (χ2v) is 8.16. The summed E-state index contributed by atoms with van der Waals surface area (Å²) in [5.74, 6) is -4.96. The first-order valence-corrected chi connectivity index (χ1v) is 9.44. The van der Waals surface area contributed by atoms with E-state index in [4.69, 9.17) is 15.6 Å². The molecule has 3 N–H and O–H groups in total. The molecule has 1 amide bonds. The molecule has 1 aromatic rings. The van der Waals surface area contributed by atoms with Crippen molar-refractivity contribution in [1.82, 2.24) is 4.90 Å². The molecule has 190 valence electrons. The van der Waals surface area contributed by atoms with Gasteiger partial charge in [0, 0.05) is 19.0 Å². The summed E-state index contributed by atoms with van der Waals surface area (Å²) in [7, 11) is 1.45. The van der Waals surface area contributed by atoms with Crippen molar-refractivity contribution >= 4 is 23.6 Å². The largest absolute Gasteiger partial charge is 0.490 e. The number of nitrogens with zero attached hydrogens (tertiary/aromatic N) is 2. The number of Topliss-reactive ketones (excluding diaryl/α,β-unsaturated/α-hetero) is 1. The number of rotatable bonds is 4. The standard InChI is InChI=1S/C18H21F4N3O2.C2HF3O2/c1-16(2)14(27)25(4)15(23)24-17(16,3)12-8-10(5-6-13(12)19)7-11(26)9-18(20,21)22;3-2(4,5)1(6)7/h5-6,8H,7,9H2,1-4H3,(H2,23,24);(H,6,7)/t17-;/m1./s1. The molecule has 1 aromatic carbocycles. The normalized spacial score (nSPS) is 20.3. The van der Waals surface area contributed by atoms with Crippen LogP contribution in [0.15, 0.2) is 23.2 Å². The van der Waals surface area contributed by atoms with E-state index in [1.807, 2.05) is 0 Å². The molecule has 1 aliphatic heterocycles. The lowest BCUT2D eigenvalue weighted by atomic mass is 9.67. The molecule has 0 spiro atoms. The Hall–Kier alpha value is -3.19. The maximum absolute atomic E-state index is 14.6. The van der Waals surface area contributed by atoms with E-state index in [-0.39, 0.29) is 23.0 Å². The number of carbonyl (C=O) groups excluding carboxylic acids is 2. The van der Waals surface area contributed by atoms with Gasteiger partial charge in [0.15, 0.2) is 5.96 Å². The number of aliphatic imine (C=N–C) groups is 1. The highest BCUT2D eigenvalue weighted by Gasteiger charge is 2.53. The monoisotopic (exact) mass is 501 g/mol. The molecule has 2 rings (SSSR count). The van der Waals surface area contributed by atoms with E-state index in [0.29, 0.717) is 0 Å². The highest BCUT2D eigenvalue weighted by molar-refractivity contribution is 6.01. The maximum Gasteiger partial charge on any atom is 0.490 e. The minimum atomic E-state index is -5.08. The third-order valence-corrected chi connectivity index (χ3v) is 5.33. The number of ketones is 1. The Bertz CT molecular complexity index is 1000. The minimum absolute atomic E-state index is 0.00536. The van der Waals surface area contributed by atoms with E-state index >= 15 is 0 Å². The van der Waals surface area contributed by atoms with E-state index in [1.165, 1.54) is 26.1 Å². The van der Waals surface area contributed by atoms with Crippen molar-refractivity contribution in [3.05, 3.63) is 35.1 Å². The second-order valence-electron chi connectivity index (χ2n) is 8.16. The molecule has 14 heteroatoms. The number of amides is 1. The highest BCUT2D eigenvalue weighted by atomic mass is 19.4. The molecule has 0 unspecified atom stereocenters. The van der Waals surface area contributed by atoms with E-state index in [2.05, 4.69) is 4.99 Å². The number of hydrogen-bond donors (Lipinski definition) is 2. The highest BCUT2D eigenvalue weighted by Crippen LogP contribution is 2.47. The number of hydrogen-bond acceptors (Lipinski definition) is 5. The quantitative estimate of drug-likeness (QED) is 0.613. The van der Waals surface area contributed by atoms with Crippen molar-refractivity contribution in [3.8, 4) is 0 Å². The van der Waals surface area contributed by atoms with Gasteiger partial charge in [-0.2, -0.15) is 26.3 Å². The van der Waals surface area contributed by atoms with Gasteiger partial charge >= 0.3 is 18.3 Å². The van der Waals surface area contributed by atoms with Gasteiger partial charge in [-0.25, -0.2) is 14.2 Å². The van der Waals surface area contributed by atoms with Crippen LogP contribution in [0.4, 0.5) is 30.7 Å². The summed E-state index contributed by atoms with van der Waals surface area (Å²) in [5, 5.41) is 7.12. The average Bonchev–Trinajstić information content (AvgIpc) is 2.65. The lowest BCUT2D eigenvalue weighted by Gasteiger charge is -2.46. The number of carbonyl (C=O) groups is 3. The fourth-order valence-corrected chi connectivity index (χ4v) is 3.14. The third kappa shape index (κ3) is 6.44. The Morgan fingerprint density at radius 2 is 1.62 bits per heavy atom. The van der Waals surface area contributed by atoms with Gasteiger partial charge in [-0.15, -0.1) is 0 Å². The molecule has 1 atom stereocenters. The predicted octanol–water partition coefficient (Wildman–Crippen LogP) is 3.55. The van der Waals surface area contributed by atoms with Crippen LogP contribution in [0.3, 0.4) is 0 Å². The number of guanidine groups is 1. The first-order chi connectivity index (χ1) is 15.1. The molecular weight excluding hydrogens is 479 g/mol. The fourth-order valence-electron chi connectivity index (χ4n) is 3.14. The van der Waals surface area contributed by atoms with Crippen LogP contribution >= 0.6 is 0 Å². The van der Waals surface area contributed by atoms with E-state index in [0.717, 1.165) is 11.0 Å². The van der Waals surface area contributed by atoms with Gasteiger partial charge in [0.1, 0.15) is 23.6 Å². The lowest BCUT2D eigenvalue weighted by Crippen LogP contribution is -2.58. The van der Waals surface area contributed by atoms with Gasteiger partial charge < -0.3 is 10.8 Å². The summed E-state index contributed by atoms with van der Waals surface area (Å²) < 4.78 is 83.5. The summed E-state index contributed by atoms with van der Waals surface area (Å²) >= 11 is 0. The average molecular weight is 501 g/mol. The summed E-state index contributed by atoms with van der Waals surface area (Å²) in [4.78, 5) is 38.6. The zero-order chi connectivity index (χ0) is 26.9. The van der Waals surface area contributed by atoms with Crippen LogP contribution in [-0.2, 0) is 26.3 Å². The van der Waals surface area contributed by atoms with Gasteiger partial charge in [-0.1, -0.05) is 6.07 Å². The number of alkyl halides is 6. The Morgan fingerprint density at radius 1 is 1.12 bits per heavy atom. The summed E-state index contributed by atoms with van der Waals surface area (Å²) in [6.07, 6.45) is -11.7. The second kappa shape index (κ2) is 9.58. The molecule has 0 aliphatic carbocycles. The zero-order valence-electron chi connectivity index (χ0n) is 18.4. The molecule has 34 heavy (non-hydrogen) atoms. The molecule has 0 radical (unpaired) electrons. The smallest absolute Gasteiger partial charge is 0.475 e. The van der Waals surface area contributed by atoms with Gasteiger partial charge in [0.05, 0.1) is 5.41 Å². The van der Waals surface area contributed by atoms with E-state index in [1.54, 1.807) is 13.8 Å². The van der Waals surface area contributed by atoms with Crippen LogP contribution in [0.1, 0.15) is 38.3 Å². The van der Waals surface area contributed by atoms with E-state index < -0.39 is 53.7 Å². The number of aliphatic carboxylic acids is 1. The first kappa shape index (κ1) is 28.8. The molecule has 0 saturated heterocycles. The van der Waals surface area contributed by atoms with Crippen LogP contribution in [-0.4, -0.2) is 53.0 Å². The Labute approximate surface area is 189 Å². The molecule has 1 aliphatic rings. The van der Waals surface area contributed by atoms with Gasteiger partial charge in [0.25, 0.3) is 0 Å². The SMILES string of the molecule is CN1C(=O)C(C)(C)[C@@](C)(c2cc(CC(=O)CC(F)(F)F)ccc2F)N=C1N.O=C(O)C(F)(F)F. The topological polar surface area (TPSA) is 113 Å². The Kier molecular flexibility index (Phi) is 8.13. The number of nitrogens with two attached hydrogens (primary N) is 1. The third-order valence-electron chi connectivity index (χ3n) is 5.33. The molecule has 0 bridgehead atoms. The van der Waals surface area contributed by atoms with Crippen LogP contribution in [0, 0.1) is 11.2 Å². The van der Waals surface area contributed by atoms with Crippen molar-refractivity contribution in [2.24, 2.45) is 16.1 Å². The lowest BCUT2D eigenvalue weighted by molar-refractivity contribution is -0.192. The summed E-state index contributed by atoms with van der Waals surface area (Å²) in [6.45, 7) is 4.70. The number of carboxylic acid groups (broad SMARTS) is 1. The van der Waals surface area contributed by atoms with E-state index in [9.17, 15) is 40.3 Å². The zero-order valence-corrected chi connectivity index (χ0v) is 18.4. The first-order valence-electron chi connectivity index (χ1n) is 9.44. The summed E-state index contributed by atoms with van der Waals surface area (Å²) in [5.41, 5.74) is 3.42. The Balaban J connectivity index is 0.000000718. The molecule has 7 nitrogen and oxygen atoms in total. The number of carboxylic acids is 1. The van der Waals surface area contributed by atoms with Gasteiger partial charge in [-0.3, -0.25) is 14.5 Å². The van der Waals surface area contributed by atoms with Crippen molar-refractivity contribution in [2.45, 2.75) is 51.5 Å². The van der Waals surface area contributed by atoms with Crippen molar-refractivity contribution < 1.29 is 50.2 Å². The molecule has 0 aromatic heterocycles. The van der Waals surface area contributed by atoms with Crippen LogP contribution in [0.5, 0.6) is 0 Å². The van der Waals surface area contributed by atoms with Crippen molar-refractivity contribution in [3.63, 3.8) is 0 Å². The summed E-state index contributed by atoms with van der Waals surface area (Å²) in [6, 6.07) is 3.58. The Morgan fingerprint density at radius 3 is 2.06 bits per heavy atom. The van der Waals surface area contributed by atoms with Crippen molar-refractivity contribution in [1.29, 1.82) is 0 Å². The van der Waals surface area contributed by atoms with Crippen LogP contribution in [0.2, 0.25) is 0 Å². The van der Waals surface area contributed by atoms with Crippen molar-refractivity contribution in [2.75, 3.05) is 7.05 Å². The minimum Gasteiger partial charge on any atom is -0.475 e. The number of halogens is 7. The van der Waals surface area contributed by atoms with Gasteiger partial charge in [-0.05, 0) is 38.5 Å². The maximum atomic E-state index is 14.6. The van der Waals surface area contributed by atoms with Crippen LogP contribution < -0.4 is 5.73 Å².